The van der Waals surface area contributed by atoms with Crippen molar-refractivity contribution < 1.29 is 15.0 Å². The summed E-state index contributed by atoms with van der Waals surface area (Å²) in [6.07, 6.45) is 0.0214. The number of hydrogen-bond acceptors (Lipinski definition) is 2. The van der Waals surface area contributed by atoms with Gasteiger partial charge in [-0.25, -0.2) is 0 Å². The fourth-order valence-corrected chi connectivity index (χ4v) is 1.87. The molecule has 0 fully saturated rings. The van der Waals surface area contributed by atoms with E-state index in [0.717, 1.165) is 5.56 Å². The van der Waals surface area contributed by atoms with Gasteiger partial charge in [-0.3, -0.25) is 4.79 Å². The quantitative estimate of drug-likeness (QED) is 0.856. The van der Waals surface area contributed by atoms with Gasteiger partial charge in [0.25, 0.3) is 0 Å². The lowest BCUT2D eigenvalue weighted by Crippen LogP contribution is -2.21. The van der Waals surface area contributed by atoms with Gasteiger partial charge in [-0.15, -0.1) is 0 Å². The number of halogens is 1. The van der Waals surface area contributed by atoms with Crippen molar-refractivity contribution in [2.75, 3.05) is 0 Å². The fourth-order valence-electron chi connectivity index (χ4n) is 1.61. The molecule has 0 aliphatic rings. The van der Waals surface area contributed by atoms with Crippen LogP contribution in [0.4, 0.5) is 0 Å². The molecule has 1 aromatic carbocycles. The van der Waals surface area contributed by atoms with E-state index in [9.17, 15) is 9.90 Å². The average Bonchev–Trinajstić information content (AvgIpc) is 2.11. The van der Waals surface area contributed by atoms with Crippen LogP contribution in [0.25, 0.3) is 0 Å². The van der Waals surface area contributed by atoms with Crippen LogP contribution in [0, 0.1) is 6.92 Å². The maximum Gasteiger partial charge on any atom is 0.304 e. The van der Waals surface area contributed by atoms with Crippen LogP contribution in [0.1, 0.15) is 31.4 Å². The molecule has 0 spiro atoms. The highest BCUT2D eigenvalue weighted by Crippen LogP contribution is 2.35. The first kappa shape index (κ1) is 12.8. The Morgan fingerprint density at radius 1 is 1.44 bits per heavy atom. The van der Waals surface area contributed by atoms with Crippen LogP contribution in [0.5, 0.6) is 5.75 Å². The van der Waals surface area contributed by atoms with Crippen LogP contribution in [0.2, 0.25) is 5.02 Å². The highest BCUT2D eigenvalue weighted by molar-refractivity contribution is 6.32. The molecule has 0 amide bonds. The molecule has 0 saturated carbocycles. The molecule has 3 nitrogen and oxygen atoms in total. The van der Waals surface area contributed by atoms with Gasteiger partial charge in [0.1, 0.15) is 5.75 Å². The molecule has 16 heavy (non-hydrogen) atoms. The maximum absolute atomic E-state index is 10.7. The predicted molar refractivity (Wildman–Crippen MR) is 63.1 cm³/mol. The first-order chi connectivity index (χ1) is 7.24. The van der Waals surface area contributed by atoms with E-state index in [1.54, 1.807) is 19.1 Å². The molecule has 1 rings (SSSR count). The number of aryl methyl sites for hydroxylation is 1. The number of carbonyl (C=O) groups is 1. The Bertz CT molecular complexity index is 401. The van der Waals surface area contributed by atoms with Gasteiger partial charge in [0, 0.05) is 5.41 Å². The van der Waals surface area contributed by atoms with E-state index in [0.29, 0.717) is 5.56 Å². The molecule has 0 aliphatic carbocycles. The number of carboxylic acid groups (broad SMARTS) is 1. The van der Waals surface area contributed by atoms with Gasteiger partial charge in [-0.1, -0.05) is 31.5 Å². The fraction of sp³-hybridized carbons (Fsp3) is 0.417. The summed E-state index contributed by atoms with van der Waals surface area (Å²) in [6.45, 7) is 5.41. The van der Waals surface area contributed by atoms with Crippen LogP contribution in [0.3, 0.4) is 0 Å². The third kappa shape index (κ3) is 2.67. The molecule has 4 heteroatoms. The Labute approximate surface area is 99.7 Å². The van der Waals surface area contributed by atoms with Crippen LogP contribution in [0.15, 0.2) is 12.1 Å². The lowest BCUT2D eigenvalue weighted by molar-refractivity contribution is -0.138. The van der Waals surface area contributed by atoms with Crippen molar-refractivity contribution in [3.8, 4) is 5.75 Å². The molecule has 0 aromatic heterocycles. The highest BCUT2D eigenvalue weighted by Gasteiger charge is 2.25. The molecular weight excluding hydrogens is 228 g/mol. The minimum atomic E-state index is -0.855. The number of aliphatic carboxylic acids is 1. The van der Waals surface area contributed by atoms with Crippen molar-refractivity contribution in [2.45, 2.75) is 32.6 Å². The van der Waals surface area contributed by atoms with Crippen LogP contribution in [-0.2, 0) is 10.2 Å². The number of phenolic OH excluding ortho intramolecular Hbond substituents is 1. The Balaban J connectivity index is 3.18. The molecule has 0 radical (unpaired) electrons. The van der Waals surface area contributed by atoms with E-state index < -0.39 is 11.4 Å². The normalized spacial score (nSPS) is 11.5. The third-order valence-electron chi connectivity index (χ3n) is 2.63. The van der Waals surface area contributed by atoms with Gasteiger partial charge in [-0.2, -0.15) is 0 Å². The topological polar surface area (TPSA) is 57.5 Å². The summed E-state index contributed by atoms with van der Waals surface area (Å²) in [5.41, 5.74) is 0.963. The molecule has 0 heterocycles. The second-order valence-electron chi connectivity index (χ2n) is 4.58. The van der Waals surface area contributed by atoms with E-state index in [1.165, 1.54) is 0 Å². The van der Waals surface area contributed by atoms with E-state index in [1.807, 2.05) is 13.8 Å². The second kappa shape index (κ2) is 4.34. The molecule has 2 N–H and O–H groups in total. The average molecular weight is 243 g/mol. The molecule has 0 bridgehead atoms. The highest BCUT2D eigenvalue weighted by atomic mass is 35.5. The van der Waals surface area contributed by atoms with Gasteiger partial charge < -0.3 is 10.2 Å². The zero-order valence-electron chi connectivity index (χ0n) is 9.54. The molecule has 1 aromatic rings. The summed E-state index contributed by atoms with van der Waals surface area (Å²) in [5.74, 6) is -0.802. The maximum atomic E-state index is 10.7. The first-order valence-electron chi connectivity index (χ1n) is 4.95. The lowest BCUT2D eigenvalue weighted by Gasteiger charge is -2.24. The standard InChI is InChI=1S/C12H15ClO3/c1-7-4-8(5-9(13)11(7)16)12(2,3)6-10(14)15/h4-5,16H,6H2,1-3H3,(H,14,15). The summed E-state index contributed by atoms with van der Waals surface area (Å²) in [5, 5.41) is 18.6. The van der Waals surface area contributed by atoms with Crippen molar-refractivity contribution in [1.82, 2.24) is 0 Å². The first-order valence-corrected chi connectivity index (χ1v) is 5.33. The van der Waals surface area contributed by atoms with Gasteiger partial charge in [-0.05, 0) is 24.1 Å². The van der Waals surface area contributed by atoms with Crippen molar-refractivity contribution in [1.29, 1.82) is 0 Å². The number of phenols is 1. The smallest absolute Gasteiger partial charge is 0.304 e. The van der Waals surface area contributed by atoms with Crippen molar-refractivity contribution in [2.24, 2.45) is 0 Å². The van der Waals surface area contributed by atoms with E-state index in [2.05, 4.69) is 0 Å². The zero-order valence-corrected chi connectivity index (χ0v) is 10.3. The van der Waals surface area contributed by atoms with Gasteiger partial charge in [0.15, 0.2) is 0 Å². The van der Waals surface area contributed by atoms with Crippen molar-refractivity contribution >= 4 is 17.6 Å². The molecule has 88 valence electrons. The Morgan fingerprint density at radius 3 is 2.44 bits per heavy atom. The lowest BCUT2D eigenvalue weighted by atomic mass is 9.81. The molecule has 0 saturated heterocycles. The minimum absolute atomic E-state index is 0.0214. The monoisotopic (exact) mass is 242 g/mol. The van der Waals surface area contributed by atoms with Crippen molar-refractivity contribution in [3.63, 3.8) is 0 Å². The largest absolute Gasteiger partial charge is 0.506 e. The van der Waals surface area contributed by atoms with Gasteiger partial charge in [0.2, 0.25) is 0 Å². The van der Waals surface area contributed by atoms with Crippen LogP contribution in [-0.4, -0.2) is 16.2 Å². The van der Waals surface area contributed by atoms with E-state index >= 15 is 0 Å². The second-order valence-corrected chi connectivity index (χ2v) is 4.99. The SMILES string of the molecule is Cc1cc(C(C)(C)CC(=O)O)cc(Cl)c1O. The number of rotatable bonds is 3. The molecule has 0 aliphatic heterocycles. The van der Waals surface area contributed by atoms with E-state index in [4.69, 9.17) is 16.7 Å². The van der Waals surface area contributed by atoms with Gasteiger partial charge in [0.05, 0.1) is 11.4 Å². The summed E-state index contributed by atoms with van der Waals surface area (Å²) >= 11 is 5.86. The number of hydrogen-bond donors (Lipinski definition) is 2. The summed E-state index contributed by atoms with van der Waals surface area (Å²) in [4.78, 5) is 10.7. The van der Waals surface area contributed by atoms with Crippen LogP contribution >= 0.6 is 11.6 Å². The number of aromatic hydroxyl groups is 1. The number of carboxylic acids is 1. The summed E-state index contributed by atoms with van der Waals surface area (Å²) in [7, 11) is 0. The van der Waals surface area contributed by atoms with Crippen molar-refractivity contribution in [3.05, 3.63) is 28.3 Å². The van der Waals surface area contributed by atoms with Crippen LogP contribution < -0.4 is 0 Å². The Kier molecular flexibility index (Phi) is 3.48. The predicted octanol–water partition coefficient (Wildman–Crippen LogP) is 3.11. The summed E-state index contributed by atoms with van der Waals surface area (Å²) in [6, 6.07) is 3.39. The van der Waals surface area contributed by atoms with E-state index in [-0.39, 0.29) is 17.2 Å². The number of benzene rings is 1. The Morgan fingerprint density at radius 2 is 2.00 bits per heavy atom. The minimum Gasteiger partial charge on any atom is -0.506 e. The van der Waals surface area contributed by atoms with Gasteiger partial charge >= 0.3 is 5.97 Å². The molecule has 0 atom stereocenters. The molecule has 0 unspecified atom stereocenters. The third-order valence-corrected chi connectivity index (χ3v) is 2.92. The Hall–Kier alpha value is -1.22. The zero-order chi connectivity index (χ0) is 12.5. The summed E-state index contributed by atoms with van der Waals surface area (Å²) < 4.78 is 0. The molecular formula is C12H15ClO3.